The van der Waals surface area contributed by atoms with Gasteiger partial charge in [-0.15, -0.1) is 0 Å². The molecule has 0 radical (unpaired) electrons. The van der Waals surface area contributed by atoms with Crippen molar-refractivity contribution in [1.29, 1.82) is 5.41 Å². The molecule has 2 aliphatic carbocycles. The molecule has 1 heteroatoms. The molecule has 0 saturated heterocycles. The van der Waals surface area contributed by atoms with Crippen LogP contribution in [0.2, 0.25) is 0 Å². The molecule has 2 aliphatic rings. The van der Waals surface area contributed by atoms with Crippen molar-refractivity contribution >= 4 is 5.71 Å². The summed E-state index contributed by atoms with van der Waals surface area (Å²) in [4.78, 5) is 0. The molecule has 0 fully saturated rings. The number of hydrogen-bond acceptors (Lipinski definition) is 1. The molecule has 0 bridgehead atoms. The SMILES string of the molecule is CC1C=CC2=CC(=N)C=C[C@]2(C)C1C. The average molecular weight is 187 g/mol. The van der Waals surface area contributed by atoms with E-state index in [9.17, 15) is 0 Å². The van der Waals surface area contributed by atoms with Crippen LogP contribution in [0.1, 0.15) is 20.8 Å². The molecular formula is C13H17N. The zero-order chi connectivity index (χ0) is 10.3. The predicted molar refractivity (Wildman–Crippen MR) is 60.5 cm³/mol. The summed E-state index contributed by atoms with van der Waals surface area (Å²) in [5.74, 6) is 1.23. The highest BCUT2D eigenvalue weighted by Gasteiger charge is 2.37. The monoisotopic (exact) mass is 187 g/mol. The van der Waals surface area contributed by atoms with Gasteiger partial charge in [0.15, 0.2) is 0 Å². The molecule has 74 valence electrons. The van der Waals surface area contributed by atoms with E-state index in [2.05, 4.69) is 39.0 Å². The minimum atomic E-state index is 0.138. The van der Waals surface area contributed by atoms with Crippen LogP contribution in [-0.2, 0) is 0 Å². The smallest absolute Gasteiger partial charge is 0.0540 e. The summed E-state index contributed by atoms with van der Waals surface area (Å²) in [6, 6.07) is 0. The van der Waals surface area contributed by atoms with Gasteiger partial charge in [0.1, 0.15) is 0 Å². The van der Waals surface area contributed by atoms with Crippen molar-refractivity contribution in [1.82, 2.24) is 0 Å². The topological polar surface area (TPSA) is 23.9 Å². The van der Waals surface area contributed by atoms with E-state index in [1.54, 1.807) is 0 Å². The number of rotatable bonds is 0. The highest BCUT2D eigenvalue weighted by Crippen LogP contribution is 2.46. The molecule has 14 heavy (non-hydrogen) atoms. The number of allylic oxidation sites excluding steroid dienone is 6. The maximum Gasteiger partial charge on any atom is 0.0540 e. The first-order valence-corrected chi connectivity index (χ1v) is 5.22. The van der Waals surface area contributed by atoms with Crippen LogP contribution in [-0.4, -0.2) is 5.71 Å². The largest absolute Gasteiger partial charge is 0.301 e. The van der Waals surface area contributed by atoms with Crippen molar-refractivity contribution in [2.24, 2.45) is 17.3 Å². The van der Waals surface area contributed by atoms with Gasteiger partial charge >= 0.3 is 0 Å². The highest BCUT2D eigenvalue weighted by atomic mass is 14.5. The molecule has 0 aromatic rings. The van der Waals surface area contributed by atoms with E-state index in [0.29, 0.717) is 17.5 Å². The second kappa shape index (κ2) is 2.94. The lowest BCUT2D eigenvalue weighted by molar-refractivity contribution is 0.266. The number of hydrogen-bond donors (Lipinski definition) is 1. The van der Waals surface area contributed by atoms with Crippen LogP contribution in [0.5, 0.6) is 0 Å². The lowest BCUT2D eigenvalue weighted by Gasteiger charge is -2.41. The van der Waals surface area contributed by atoms with E-state index in [1.165, 1.54) is 5.57 Å². The molecule has 0 aromatic heterocycles. The van der Waals surface area contributed by atoms with Crippen molar-refractivity contribution in [2.75, 3.05) is 0 Å². The molecule has 0 aromatic carbocycles. The Labute approximate surface area is 85.7 Å². The van der Waals surface area contributed by atoms with Gasteiger partial charge in [-0.2, -0.15) is 0 Å². The zero-order valence-electron chi connectivity index (χ0n) is 9.04. The Balaban J connectivity index is 2.50. The second-order valence-electron chi connectivity index (χ2n) is 4.68. The summed E-state index contributed by atoms with van der Waals surface area (Å²) in [5, 5.41) is 7.62. The minimum Gasteiger partial charge on any atom is -0.301 e. The third kappa shape index (κ3) is 1.19. The summed E-state index contributed by atoms with van der Waals surface area (Å²) < 4.78 is 0. The average Bonchev–Trinajstić information content (AvgIpc) is 2.16. The normalized spacial score (nSPS) is 40.8. The predicted octanol–water partition coefficient (Wildman–Crippen LogP) is 3.35. The maximum atomic E-state index is 7.62. The van der Waals surface area contributed by atoms with Gasteiger partial charge in [-0.25, -0.2) is 0 Å². The molecule has 2 unspecified atom stereocenters. The Bertz CT molecular complexity index is 359. The van der Waals surface area contributed by atoms with Gasteiger partial charge in [0, 0.05) is 5.41 Å². The Kier molecular flexibility index (Phi) is 1.99. The molecule has 0 amide bonds. The van der Waals surface area contributed by atoms with Crippen LogP contribution in [0.25, 0.3) is 0 Å². The molecule has 0 aliphatic heterocycles. The van der Waals surface area contributed by atoms with E-state index < -0.39 is 0 Å². The number of nitrogens with one attached hydrogen (secondary N) is 1. The molecule has 1 N–H and O–H groups in total. The molecule has 3 atom stereocenters. The Morgan fingerprint density at radius 3 is 2.71 bits per heavy atom. The molecular weight excluding hydrogens is 170 g/mol. The third-order valence-corrected chi connectivity index (χ3v) is 3.86. The lowest BCUT2D eigenvalue weighted by Crippen LogP contribution is -2.33. The lowest BCUT2D eigenvalue weighted by atomic mass is 9.62. The summed E-state index contributed by atoms with van der Waals surface area (Å²) >= 11 is 0. The molecule has 1 nitrogen and oxygen atoms in total. The Morgan fingerprint density at radius 2 is 2.00 bits per heavy atom. The van der Waals surface area contributed by atoms with Crippen molar-refractivity contribution in [3.63, 3.8) is 0 Å². The zero-order valence-corrected chi connectivity index (χ0v) is 9.04. The van der Waals surface area contributed by atoms with E-state index >= 15 is 0 Å². The Hall–Kier alpha value is -1.11. The van der Waals surface area contributed by atoms with Gasteiger partial charge in [-0.05, 0) is 29.6 Å². The van der Waals surface area contributed by atoms with Gasteiger partial charge < -0.3 is 5.41 Å². The first-order chi connectivity index (χ1) is 6.54. The Morgan fingerprint density at radius 1 is 1.29 bits per heavy atom. The van der Waals surface area contributed by atoms with Crippen molar-refractivity contribution in [3.05, 3.63) is 36.0 Å². The van der Waals surface area contributed by atoms with Crippen LogP contribution >= 0.6 is 0 Å². The summed E-state index contributed by atoms with van der Waals surface area (Å²) in [6.07, 6.45) is 10.5. The summed E-state index contributed by atoms with van der Waals surface area (Å²) in [5.41, 5.74) is 2.04. The quantitative estimate of drug-likeness (QED) is 0.601. The fourth-order valence-electron chi connectivity index (χ4n) is 2.34. The molecule has 2 rings (SSSR count). The van der Waals surface area contributed by atoms with Crippen molar-refractivity contribution < 1.29 is 0 Å². The van der Waals surface area contributed by atoms with Crippen LogP contribution in [0.15, 0.2) is 36.0 Å². The molecule has 0 spiro atoms. The van der Waals surface area contributed by atoms with E-state index in [4.69, 9.17) is 5.41 Å². The molecule has 0 saturated carbocycles. The van der Waals surface area contributed by atoms with E-state index in [1.807, 2.05) is 12.2 Å². The maximum absolute atomic E-state index is 7.62. The van der Waals surface area contributed by atoms with Gasteiger partial charge in [0.05, 0.1) is 5.71 Å². The van der Waals surface area contributed by atoms with Gasteiger partial charge in [0.25, 0.3) is 0 Å². The highest BCUT2D eigenvalue weighted by molar-refractivity contribution is 6.03. The fraction of sp³-hybridized carbons (Fsp3) is 0.462. The van der Waals surface area contributed by atoms with Gasteiger partial charge in [-0.3, -0.25) is 0 Å². The van der Waals surface area contributed by atoms with Crippen LogP contribution in [0, 0.1) is 22.7 Å². The van der Waals surface area contributed by atoms with E-state index in [0.717, 1.165) is 0 Å². The van der Waals surface area contributed by atoms with Crippen LogP contribution < -0.4 is 0 Å². The van der Waals surface area contributed by atoms with Crippen molar-refractivity contribution in [2.45, 2.75) is 20.8 Å². The number of fused-ring (bicyclic) bond motifs is 1. The van der Waals surface area contributed by atoms with Crippen LogP contribution in [0.3, 0.4) is 0 Å². The fourth-order valence-corrected chi connectivity index (χ4v) is 2.34. The first-order valence-electron chi connectivity index (χ1n) is 5.22. The minimum absolute atomic E-state index is 0.138. The van der Waals surface area contributed by atoms with E-state index in [-0.39, 0.29) is 5.41 Å². The molecule has 0 heterocycles. The van der Waals surface area contributed by atoms with Gasteiger partial charge in [-0.1, -0.05) is 39.0 Å². The third-order valence-electron chi connectivity index (χ3n) is 3.86. The summed E-state index contributed by atoms with van der Waals surface area (Å²) in [7, 11) is 0. The van der Waals surface area contributed by atoms with Crippen LogP contribution in [0.4, 0.5) is 0 Å². The van der Waals surface area contributed by atoms with Gasteiger partial charge in [0.2, 0.25) is 0 Å². The first kappa shape index (κ1) is 9.45. The van der Waals surface area contributed by atoms with Crippen molar-refractivity contribution in [3.8, 4) is 0 Å². The summed E-state index contributed by atoms with van der Waals surface area (Å²) in [6.45, 7) is 6.82. The second-order valence-corrected chi connectivity index (χ2v) is 4.68. The standard InChI is InChI=1S/C13H17N/c1-9-4-5-11-8-12(14)6-7-13(11,3)10(9)2/h4-10,14H,1-3H3/t9?,10?,13-/m1/s1.